The van der Waals surface area contributed by atoms with E-state index >= 15 is 0 Å². The SMILES string of the molecule is O=C(Cn1nnc(-c2cccs2)n1)Nc1ccc(S(=O)(=O)N[C@@H]2CCS(=O)(=O)C2)cc1. The van der Waals surface area contributed by atoms with Gasteiger partial charge >= 0.3 is 0 Å². The second kappa shape index (κ2) is 8.45. The molecule has 4 rings (SSSR count). The maximum absolute atomic E-state index is 12.5. The van der Waals surface area contributed by atoms with Gasteiger partial charge in [-0.1, -0.05) is 6.07 Å². The molecule has 0 unspecified atom stereocenters. The summed E-state index contributed by atoms with van der Waals surface area (Å²) in [6.07, 6.45) is 0.250. The molecule has 0 aliphatic carbocycles. The van der Waals surface area contributed by atoms with Crippen molar-refractivity contribution in [2.45, 2.75) is 23.9 Å². The predicted molar refractivity (Wildman–Crippen MR) is 114 cm³/mol. The van der Waals surface area contributed by atoms with Crippen molar-refractivity contribution in [1.82, 2.24) is 24.9 Å². The average Bonchev–Trinajstić information content (AvgIpc) is 3.43. The van der Waals surface area contributed by atoms with Gasteiger partial charge in [-0.05, 0) is 47.3 Å². The van der Waals surface area contributed by atoms with Crippen LogP contribution in [0.4, 0.5) is 5.69 Å². The number of anilines is 1. The number of rotatable bonds is 7. The van der Waals surface area contributed by atoms with Crippen LogP contribution in [-0.2, 0) is 31.2 Å². The number of nitrogens with zero attached hydrogens (tertiary/aromatic N) is 4. The van der Waals surface area contributed by atoms with Crippen LogP contribution in [0.25, 0.3) is 10.7 Å². The van der Waals surface area contributed by atoms with Crippen molar-refractivity contribution in [2.24, 2.45) is 0 Å². The highest BCUT2D eigenvalue weighted by molar-refractivity contribution is 7.92. The molecule has 2 aromatic heterocycles. The Morgan fingerprint density at radius 2 is 2.00 bits per heavy atom. The normalized spacial score (nSPS) is 18.1. The molecule has 1 aliphatic heterocycles. The Labute approximate surface area is 182 Å². The van der Waals surface area contributed by atoms with Gasteiger partial charge in [-0.3, -0.25) is 4.79 Å². The zero-order chi connectivity index (χ0) is 22.1. The third-order valence-electron chi connectivity index (χ3n) is 4.48. The first-order valence-corrected chi connectivity index (χ1v) is 13.3. The van der Waals surface area contributed by atoms with E-state index < -0.39 is 31.8 Å². The fourth-order valence-corrected chi connectivity index (χ4v) is 6.73. The fourth-order valence-electron chi connectivity index (χ4n) is 3.04. The summed E-state index contributed by atoms with van der Waals surface area (Å²) >= 11 is 1.46. The van der Waals surface area contributed by atoms with Gasteiger partial charge in [0.1, 0.15) is 6.54 Å². The van der Waals surface area contributed by atoms with Crippen LogP contribution >= 0.6 is 11.3 Å². The van der Waals surface area contributed by atoms with Crippen LogP contribution in [0.15, 0.2) is 46.7 Å². The molecule has 31 heavy (non-hydrogen) atoms. The topological polar surface area (TPSA) is 153 Å². The number of hydrogen-bond donors (Lipinski definition) is 2. The number of sulfonamides is 1. The highest BCUT2D eigenvalue weighted by Gasteiger charge is 2.31. The molecule has 164 valence electrons. The van der Waals surface area contributed by atoms with Gasteiger partial charge in [0, 0.05) is 11.7 Å². The van der Waals surface area contributed by atoms with Crippen molar-refractivity contribution < 1.29 is 21.6 Å². The van der Waals surface area contributed by atoms with Crippen LogP contribution < -0.4 is 10.0 Å². The van der Waals surface area contributed by atoms with E-state index in [1.165, 1.54) is 40.4 Å². The van der Waals surface area contributed by atoms with Crippen molar-refractivity contribution in [3.05, 3.63) is 41.8 Å². The van der Waals surface area contributed by atoms with Gasteiger partial charge in [-0.15, -0.1) is 21.5 Å². The van der Waals surface area contributed by atoms with Gasteiger partial charge in [0.2, 0.25) is 21.8 Å². The van der Waals surface area contributed by atoms with Crippen LogP contribution in [0.5, 0.6) is 0 Å². The number of benzene rings is 1. The van der Waals surface area contributed by atoms with Crippen LogP contribution in [0.3, 0.4) is 0 Å². The van der Waals surface area contributed by atoms with Crippen molar-refractivity contribution in [2.75, 3.05) is 16.8 Å². The van der Waals surface area contributed by atoms with Crippen LogP contribution in [0.1, 0.15) is 6.42 Å². The van der Waals surface area contributed by atoms with Crippen molar-refractivity contribution >= 4 is 42.8 Å². The van der Waals surface area contributed by atoms with Crippen molar-refractivity contribution in [3.63, 3.8) is 0 Å². The van der Waals surface area contributed by atoms with Crippen molar-refractivity contribution in [3.8, 4) is 10.7 Å². The number of nitrogens with one attached hydrogen (secondary N) is 2. The van der Waals surface area contributed by atoms with E-state index in [9.17, 15) is 21.6 Å². The monoisotopic (exact) mass is 482 g/mol. The third-order valence-corrected chi connectivity index (χ3v) is 8.65. The molecule has 1 aromatic carbocycles. The van der Waals surface area contributed by atoms with Crippen LogP contribution in [0.2, 0.25) is 0 Å². The van der Waals surface area contributed by atoms with E-state index in [0.717, 1.165) is 4.88 Å². The number of hydrogen-bond acceptors (Lipinski definition) is 9. The molecule has 0 radical (unpaired) electrons. The zero-order valence-corrected chi connectivity index (χ0v) is 18.5. The second-order valence-corrected chi connectivity index (χ2v) is 11.8. The summed E-state index contributed by atoms with van der Waals surface area (Å²) in [7, 11) is -7.06. The molecule has 0 saturated carbocycles. The predicted octanol–water partition coefficient (Wildman–Crippen LogP) is 0.506. The van der Waals surface area contributed by atoms with E-state index in [0.29, 0.717) is 11.5 Å². The number of carbonyl (C=O) groups excluding carboxylic acids is 1. The molecular formula is C17H18N6O5S3. The summed E-state index contributed by atoms with van der Waals surface area (Å²) in [5.41, 5.74) is 0.394. The molecule has 1 fully saturated rings. The lowest BCUT2D eigenvalue weighted by Crippen LogP contribution is -2.35. The maximum Gasteiger partial charge on any atom is 0.248 e. The number of amides is 1. The van der Waals surface area contributed by atoms with Crippen LogP contribution in [0, 0.1) is 0 Å². The molecule has 1 saturated heterocycles. The summed E-state index contributed by atoms with van der Waals surface area (Å²) in [5.74, 6) is -0.203. The Balaban J connectivity index is 1.35. The Hall–Kier alpha value is -2.68. The summed E-state index contributed by atoms with van der Waals surface area (Å²) in [4.78, 5) is 14.2. The van der Waals surface area contributed by atoms with E-state index in [4.69, 9.17) is 0 Å². The average molecular weight is 483 g/mol. The van der Waals surface area contributed by atoms with Gasteiger partial charge in [0.05, 0.1) is 21.3 Å². The minimum atomic E-state index is -3.87. The smallest absolute Gasteiger partial charge is 0.248 e. The summed E-state index contributed by atoms with van der Waals surface area (Å²) in [6.45, 7) is -0.157. The zero-order valence-electron chi connectivity index (χ0n) is 16.0. The van der Waals surface area contributed by atoms with E-state index in [1.54, 1.807) is 0 Å². The van der Waals surface area contributed by atoms with Crippen LogP contribution in [-0.4, -0.2) is 60.5 Å². The van der Waals surface area contributed by atoms with Gasteiger partial charge < -0.3 is 5.32 Å². The first-order valence-electron chi connectivity index (χ1n) is 9.15. The minimum absolute atomic E-state index is 0.0201. The number of carbonyl (C=O) groups is 1. The molecular weight excluding hydrogens is 464 g/mol. The maximum atomic E-state index is 12.5. The highest BCUT2D eigenvalue weighted by Crippen LogP contribution is 2.20. The fraction of sp³-hybridized carbons (Fsp3) is 0.294. The van der Waals surface area contributed by atoms with Gasteiger partial charge in [0.15, 0.2) is 9.84 Å². The van der Waals surface area contributed by atoms with E-state index in [1.807, 2.05) is 17.5 Å². The lowest BCUT2D eigenvalue weighted by molar-refractivity contribution is -0.117. The lowest BCUT2D eigenvalue weighted by Gasteiger charge is -2.12. The second-order valence-electron chi connectivity index (χ2n) is 6.91. The minimum Gasteiger partial charge on any atom is -0.324 e. The summed E-state index contributed by atoms with van der Waals surface area (Å²) < 4.78 is 50.3. The molecule has 1 aliphatic rings. The van der Waals surface area contributed by atoms with Gasteiger partial charge in [0.25, 0.3) is 0 Å². The summed E-state index contributed by atoms with van der Waals surface area (Å²) in [6, 6.07) is 8.65. The molecule has 1 amide bonds. The molecule has 2 N–H and O–H groups in total. The first-order chi connectivity index (χ1) is 14.7. The Morgan fingerprint density at radius 1 is 1.23 bits per heavy atom. The standard InChI is InChI=1S/C17H18N6O5S3/c24-16(10-23-20-17(19-22-23)15-2-1-8-29-15)18-12-3-5-14(6-4-12)31(27,28)21-13-7-9-30(25,26)11-13/h1-6,8,13,21H,7,9-11H2,(H,18,24)/t13-/m1/s1. The molecule has 14 heteroatoms. The Bertz CT molecular complexity index is 1280. The lowest BCUT2D eigenvalue weighted by atomic mass is 10.3. The van der Waals surface area contributed by atoms with E-state index in [2.05, 4.69) is 25.4 Å². The Kier molecular flexibility index (Phi) is 5.88. The molecule has 11 nitrogen and oxygen atoms in total. The number of sulfone groups is 1. The van der Waals surface area contributed by atoms with Crippen molar-refractivity contribution in [1.29, 1.82) is 0 Å². The Morgan fingerprint density at radius 3 is 2.65 bits per heavy atom. The number of tetrazole rings is 1. The molecule has 0 spiro atoms. The molecule has 3 heterocycles. The summed E-state index contributed by atoms with van der Waals surface area (Å²) in [5, 5.41) is 16.4. The first kappa shape index (κ1) is 21.5. The number of thiophene rings is 1. The molecule has 0 bridgehead atoms. The van der Waals surface area contributed by atoms with E-state index in [-0.39, 0.29) is 29.4 Å². The largest absolute Gasteiger partial charge is 0.324 e. The third kappa shape index (κ3) is 5.33. The quantitative estimate of drug-likeness (QED) is 0.494. The highest BCUT2D eigenvalue weighted by atomic mass is 32.2. The van der Waals surface area contributed by atoms with Gasteiger partial charge in [-0.25, -0.2) is 21.6 Å². The molecule has 1 atom stereocenters. The number of aromatic nitrogens is 4. The molecule has 3 aromatic rings. The van der Waals surface area contributed by atoms with Gasteiger partial charge in [-0.2, -0.15) is 4.80 Å².